The van der Waals surface area contributed by atoms with E-state index in [1.807, 2.05) is 54.3 Å². The van der Waals surface area contributed by atoms with Crippen molar-refractivity contribution in [3.05, 3.63) is 69.7 Å². The molecule has 3 atom stereocenters. The van der Waals surface area contributed by atoms with Crippen molar-refractivity contribution in [2.75, 3.05) is 6.61 Å². The number of carbonyl (C=O) groups is 1. The number of benzene rings is 2. The van der Waals surface area contributed by atoms with Gasteiger partial charge in [0.25, 0.3) is 0 Å². The molecule has 1 saturated heterocycles. The SMILES string of the molecule is CC[C@@H](CO)N1C(=O)CCC(c2cccc(Cl)c2)[C@H]1c1ccc(Cl)cc1. The van der Waals surface area contributed by atoms with Crippen molar-refractivity contribution < 1.29 is 9.90 Å². The molecule has 0 radical (unpaired) electrons. The molecule has 1 aliphatic rings. The van der Waals surface area contributed by atoms with Crippen LogP contribution >= 0.6 is 23.2 Å². The van der Waals surface area contributed by atoms with E-state index in [1.165, 1.54) is 0 Å². The van der Waals surface area contributed by atoms with Crippen LogP contribution in [0, 0.1) is 0 Å². The normalized spacial score (nSPS) is 21.7. The number of rotatable bonds is 5. The minimum Gasteiger partial charge on any atom is -0.394 e. The molecule has 0 spiro atoms. The number of aliphatic hydroxyl groups is 1. The van der Waals surface area contributed by atoms with Crippen molar-refractivity contribution in [1.29, 1.82) is 0 Å². The van der Waals surface area contributed by atoms with E-state index < -0.39 is 0 Å². The fraction of sp³-hybridized carbons (Fsp3) is 0.381. The van der Waals surface area contributed by atoms with Crippen LogP contribution in [0.3, 0.4) is 0 Å². The van der Waals surface area contributed by atoms with E-state index in [4.69, 9.17) is 23.2 Å². The predicted octanol–water partition coefficient (Wildman–Crippen LogP) is 5.21. The second kappa shape index (κ2) is 8.43. The summed E-state index contributed by atoms with van der Waals surface area (Å²) in [5.41, 5.74) is 2.14. The Bertz CT molecular complexity index is 759. The van der Waals surface area contributed by atoms with Crippen LogP contribution in [0.25, 0.3) is 0 Å². The zero-order valence-electron chi connectivity index (χ0n) is 14.7. The molecule has 1 aliphatic heterocycles. The Hall–Kier alpha value is -1.55. The first-order chi connectivity index (χ1) is 12.5. The average molecular weight is 392 g/mol. The fourth-order valence-corrected chi connectivity index (χ4v) is 4.22. The molecule has 3 nitrogen and oxygen atoms in total. The number of amides is 1. The zero-order chi connectivity index (χ0) is 18.7. The highest BCUT2D eigenvalue weighted by molar-refractivity contribution is 6.30. The van der Waals surface area contributed by atoms with Gasteiger partial charge in [-0.2, -0.15) is 0 Å². The Morgan fingerprint density at radius 3 is 2.46 bits per heavy atom. The van der Waals surface area contributed by atoms with Crippen molar-refractivity contribution in [1.82, 2.24) is 4.90 Å². The number of aliphatic hydroxyl groups excluding tert-OH is 1. The maximum absolute atomic E-state index is 12.8. The second-order valence-corrected chi connectivity index (χ2v) is 7.62. The van der Waals surface area contributed by atoms with Crippen LogP contribution < -0.4 is 0 Å². The van der Waals surface area contributed by atoms with Gasteiger partial charge in [-0.05, 0) is 48.2 Å². The van der Waals surface area contributed by atoms with E-state index >= 15 is 0 Å². The summed E-state index contributed by atoms with van der Waals surface area (Å²) in [6, 6.07) is 15.1. The van der Waals surface area contributed by atoms with Gasteiger partial charge in [-0.15, -0.1) is 0 Å². The Labute approximate surface area is 164 Å². The van der Waals surface area contributed by atoms with Gasteiger partial charge < -0.3 is 10.0 Å². The van der Waals surface area contributed by atoms with E-state index in [-0.39, 0.29) is 30.5 Å². The Kier molecular flexibility index (Phi) is 6.23. The monoisotopic (exact) mass is 391 g/mol. The Morgan fingerprint density at radius 1 is 1.12 bits per heavy atom. The molecule has 3 rings (SSSR count). The molecule has 0 aliphatic carbocycles. The van der Waals surface area contributed by atoms with Crippen LogP contribution in [0.15, 0.2) is 48.5 Å². The number of nitrogens with zero attached hydrogens (tertiary/aromatic N) is 1. The standard InChI is InChI=1S/C21H23Cl2NO2/c1-2-18(13-25)24-20(26)11-10-19(15-4-3-5-17(23)12-15)21(24)14-6-8-16(22)9-7-14/h3-9,12,18-19,21,25H,2,10-11,13H2,1H3/t18-,19?,21+/m0/s1. The lowest BCUT2D eigenvalue weighted by molar-refractivity contribution is -0.142. The van der Waals surface area contributed by atoms with E-state index in [0.717, 1.165) is 17.5 Å². The van der Waals surface area contributed by atoms with E-state index in [1.54, 1.807) is 0 Å². The molecule has 1 heterocycles. The largest absolute Gasteiger partial charge is 0.394 e. The van der Waals surface area contributed by atoms with Crippen molar-refractivity contribution in [2.24, 2.45) is 0 Å². The lowest BCUT2D eigenvalue weighted by Gasteiger charge is -2.45. The molecule has 138 valence electrons. The highest BCUT2D eigenvalue weighted by atomic mass is 35.5. The molecule has 1 N–H and O–H groups in total. The minimum atomic E-state index is -0.204. The van der Waals surface area contributed by atoms with Gasteiger partial charge in [-0.25, -0.2) is 0 Å². The van der Waals surface area contributed by atoms with Crippen molar-refractivity contribution in [2.45, 2.75) is 44.2 Å². The predicted molar refractivity (Wildman–Crippen MR) is 106 cm³/mol. The molecule has 0 aromatic heterocycles. The third-order valence-corrected chi connectivity index (χ3v) is 5.69. The number of hydrogen-bond donors (Lipinski definition) is 1. The minimum absolute atomic E-state index is 0.0470. The van der Waals surface area contributed by atoms with Gasteiger partial charge in [0.2, 0.25) is 5.91 Å². The van der Waals surface area contributed by atoms with Gasteiger partial charge >= 0.3 is 0 Å². The molecule has 2 aromatic rings. The van der Waals surface area contributed by atoms with Crippen LogP contribution in [-0.4, -0.2) is 28.6 Å². The maximum Gasteiger partial charge on any atom is 0.223 e. The molecule has 1 unspecified atom stereocenters. The number of likely N-dealkylation sites (tertiary alicyclic amines) is 1. The van der Waals surface area contributed by atoms with Crippen molar-refractivity contribution in [3.8, 4) is 0 Å². The van der Waals surface area contributed by atoms with Gasteiger partial charge in [-0.3, -0.25) is 4.79 Å². The number of hydrogen-bond acceptors (Lipinski definition) is 2. The van der Waals surface area contributed by atoms with Gasteiger partial charge in [0.15, 0.2) is 0 Å². The molecule has 26 heavy (non-hydrogen) atoms. The first-order valence-corrected chi connectivity index (χ1v) is 9.73. The summed E-state index contributed by atoms with van der Waals surface area (Å²) >= 11 is 12.3. The summed E-state index contributed by atoms with van der Waals surface area (Å²) < 4.78 is 0. The van der Waals surface area contributed by atoms with Crippen LogP contribution in [0.2, 0.25) is 10.0 Å². The summed E-state index contributed by atoms with van der Waals surface area (Å²) in [4.78, 5) is 14.7. The number of halogens is 2. The highest BCUT2D eigenvalue weighted by Crippen LogP contribution is 2.44. The van der Waals surface area contributed by atoms with Crippen LogP contribution in [-0.2, 0) is 4.79 Å². The van der Waals surface area contributed by atoms with Gasteiger partial charge in [0, 0.05) is 22.4 Å². The topological polar surface area (TPSA) is 40.5 Å². The quantitative estimate of drug-likeness (QED) is 0.759. The van der Waals surface area contributed by atoms with E-state index in [2.05, 4.69) is 6.07 Å². The van der Waals surface area contributed by atoms with Crippen LogP contribution in [0.1, 0.15) is 49.3 Å². The molecule has 5 heteroatoms. The molecule has 0 bridgehead atoms. The molecular formula is C21H23Cl2NO2. The van der Waals surface area contributed by atoms with Crippen molar-refractivity contribution >= 4 is 29.1 Å². The smallest absolute Gasteiger partial charge is 0.223 e. The Morgan fingerprint density at radius 2 is 1.85 bits per heavy atom. The first kappa shape index (κ1) is 19.2. The lowest BCUT2D eigenvalue weighted by atomic mass is 9.79. The van der Waals surface area contributed by atoms with E-state index in [0.29, 0.717) is 22.9 Å². The van der Waals surface area contributed by atoms with Gasteiger partial charge in [-0.1, -0.05) is 54.4 Å². The molecule has 2 aromatic carbocycles. The maximum atomic E-state index is 12.8. The van der Waals surface area contributed by atoms with Gasteiger partial charge in [0.1, 0.15) is 0 Å². The fourth-order valence-electron chi connectivity index (χ4n) is 3.90. The van der Waals surface area contributed by atoms with E-state index in [9.17, 15) is 9.90 Å². The molecular weight excluding hydrogens is 369 g/mol. The molecule has 1 fully saturated rings. The summed E-state index contributed by atoms with van der Waals surface area (Å²) in [5, 5.41) is 11.2. The number of piperidine rings is 1. The summed E-state index contributed by atoms with van der Waals surface area (Å²) in [6.07, 6.45) is 1.93. The first-order valence-electron chi connectivity index (χ1n) is 8.98. The van der Waals surface area contributed by atoms with Crippen LogP contribution in [0.5, 0.6) is 0 Å². The molecule has 0 saturated carbocycles. The molecule has 1 amide bonds. The zero-order valence-corrected chi connectivity index (χ0v) is 16.2. The lowest BCUT2D eigenvalue weighted by Crippen LogP contribution is -2.49. The second-order valence-electron chi connectivity index (χ2n) is 6.74. The van der Waals surface area contributed by atoms with Gasteiger partial charge in [0.05, 0.1) is 18.7 Å². The number of carbonyl (C=O) groups excluding carboxylic acids is 1. The summed E-state index contributed by atoms with van der Waals surface area (Å²) in [6.45, 7) is 1.95. The van der Waals surface area contributed by atoms with Crippen molar-refractivity contribution in [3.63, 3.8) is 0 Å². The van der Waals surface area contributed by atoms with Crippen LogP contribution in [0.4, 0.5) is 0 Å². The summed E-state index contributed by atoms with van der Waals surface area (Å²) in [5.74, 6) is 0.206. The average Bonchev–Trinajstić information content (AvgIpc) is 2.64. The highest BCUT2D eigenvalue weighted by Gasteiger charge is 2.40. The summed E-state index contributed by atoms with van der Waals surface area (Å²) in [7, 11) is 0. The Balaban J connectivity index is 2.09. The third kappa shape index (κ3) is 3.90. The third-order valence-electron chi connectivity index (χ3n) is 5.20.